The van der Waals surface area contributed by atoms with Crippen molar-refractivity contribution in [2.24, 2.45) is 4.99 Å². The van der Waals surface area contributed by atoms with E-state index in [1.54, 1.807) is 14.2 Å². The normalized spacial score (nSPS) is 11.8. The van der Waals surface area contributed by atoms with Gasteiger partial charge in [-0.1, -0.05) is 6.07 Å². The van der Waals surface area contributed by atoms with Crippen molar-refractivity contribution in [3.63, 3.8) is 0 Å². The SMILES string of the molecule is CN=C(NCCOC)NCCc1cn2ccccc2n1. The molecule has 0 saturated heterocycles. The van der Waals surface area contributed by atoms with E-state index in [0.29, 0.717) is 6.61 Å². The Bertz CT molecular complexity index is 530. The summed E-state index contributed by atoms with van der Waals surface area (Å²) in [5.74, 6) is 0.783. The van der Waals surface area contributed by atoms with Crippen LogP contribution in [0.5, 0.6) is 0 Å². The fraction of sp³-hybridized carbons (Fsp3) is 0.429. The number of hydrogen-bond donors (Lipinski definition) is 2. The second kappa shape index (κ2) is 7.49. The molecular formula is C14H21N5O. The number of guanidine groups is 1. The molecule has 0 fully saturated rings. The molecule has 0 saturated carbocycles. The lowest BCUT2D eigenvalue weighted by Crippen LogP contribution is -2.39. The first-order valence-electron chi connectivity index (χ1n) is 6.69. The molecule has 0 bridgehead atoms. The molecule has 2 aromatic rings. The van der Waals surface area contributed by atoms with E-state index < -0.39 is 0 Å². The van der Waals surface area contributed by atoms with Gasteiger partial charge in [0.05, 0.1) is 12.3 Å². The van der Waals surface area contributed by atoms with Crippen LogP contribution in [0.1, 0.15) is 5.69 Å². The highest BCUT2D eigenvalue weighted by Gasteiger charge is 2.01. The van der Waals surface area contributed by atoms with Gasteiger partial charge in [0.25, 0.3) is 0 Å². The summed E-state index contributed by atoms with van der Waals surface area (Å²) < 4.78 is 7.01. The molecule has 0 atom stereocenters. The summed E-state index contributed by atoms with van der Waals surface area (Å²) in [4.78, 5) is 8.70. The molecule has 20 heavy (non-hydrogen) atoms. The second-order valence-electron chi connectivity index (χ2n) is 4.37. The van der Waals surface area contributed by atoms with Gasteiger partial charge in [-0.25, -0.2) is 4.98 Å². The highest BCUT2D eigenvalue weighted by molar-refractivity contribution is 5.79. The zero-order valence-electron chi connectivity index (χ0n) is 12.0. The maximum atomic E-state index is 4.99. The molecule has 2 aromatic heterocycles. The van der Waals surface area contributed by atoms with Gasteiger partial charge < -0.3 is 19.8 Å². The van der Waals surface area contributed by atoms with Gasteiger partial charge in [0.2, 0.25) is 0 Å². The van der Waals surface area contributed by atoms with Crippen LogP contribution in [0.3, 0.4) is 0 Å². The number of imidazole rings is 1. The Morgan fingerprint density at radius 1 is 1.35 bits per heavy atom. The van der Waals surface area contributed by atoms with Crippen molar-refractivity contribution in [2.75, 3.05) is 33.9 Å². The van der Waals surface area contributed by atoms with Crippen LogP contribution in [0.2, 0.25) is 0 Å². The number of nitrogens with one attached hydrogen (secondary N) is 2. The van der Waals surface area contributed by atoms with Gasteiger partial charge in [0.15, 0.2) is 5.96 Å². The van der Waals surface area contributed by atoms with Gasteiger partial charge in [0, 0.05) is 46.1 Å². The fourth-order valence-electron chi connectivity index (χ4n) is 1.91. The zero-order chi connectivity index (χ0) is 14.2. The number of ether oxygens (including phenoxy) is 1. The van der Waals surface area contributed by atoms with Crippen LogP contribution >= 0.6 is 0 Å². The van der Waals surface area contributed by atoms with E-state index in [1.165, 1.54) is 0 Å². The standard InChI is InChI=1S/C14H21N5O/c1-15-14(17-8-10-20-2)16-7-6-12-11-19-9-4-3-5-13(19)18-12/h3-5,9,11H,6-8,10H2,1-2H3,(H2,15,16,17). The first-order valence-corrected chi connectivity index (χ1v) is 6.69. The molecule has 0 aliphatic heterocycles. The summed E-state index contributed by atoms with van der Waals surface area (Å²) in [5, 5.41) is 6.43. The highest BCUT2D eigenvalue weighted by Crippen LogP contribution is 2.04. The molecule has 6 nitrogen and oxygen atoms in total. The van der Waals surface area contributed by atoms with E-state index in [2.05, 4.69) is 26.8 Å². The first kappa shape index (κ1) is 14.3. The summed E-state index contributed by atoms with van der Waals surface area (Å²) in [6.07, 6.45) is 4.91. The molecule has 0 unspecified atom stereocenters. The lowest BCUT2D eigenvalue weighted by Gasteiger charge is -2.10. The molecule has 0 aliphatic carbocycles. The number of aromatic nitrogens is 2. The monoisotopic (exact) mass is 275 g/mol. The van der Waals surface area contributed by atoms with Crippen molar-refractivity contribution in [3.05, 3.63) is 36.3 Å². The van der Waals surface area contributed by atoms with Gasteiger partial charge in [-0.2, -0.15) is 0 Å². The van der Waals surface area contributed by atoms with Crippen molar-refractivity contribution in [1.82, 2.24) is 20.0 Å². The molecule has 0 aromatic carbocycles. The topological polar surface area (TPSA) is 63.0 Å². The van der Waals surface area contributed by atoms with Gasteiger partial charge in [-0.15, -0.1) is 0 Å². The third-order valence-electron chi connectivity index (χ3n) is 2.91. The van der Waals surface area contributed by atoms with E-state index in [1.807, 2.05) is 28.8 Å². The molecule has 108 valence electrons. The van der Waals surface area contributed by atoms with Crippen LogP contribution in [0.25, 0.3) is 5.65 Å². The third-order valence-corrected chi connectivity index (χ3v) is 2.91. The second-order valence-corrected chi connectivity index (χ2v) is 4.37. The quantitative estimate of drug-likeness (QED) is 0.462. The number of hydrogen-bond acceptors (Lipinski definition) is 3. The Kier molecular flexibility index (Phi) is 5.37. The highest BCUT2D eigenvalue weighted by atomic mass is 16.5. The fourth-order valence-corrected chi connectivity index (χ4v) is 1.91. The predicted octanol–water partition coefficient (Wildman–Crippen LogP) is 0.688. The van der Waals surface area contributed by atoms with Gasteiger partial charge >= 0.3 is 0 Å². The summed E-state index contributed by atoms with van der Waals surface area (Å²) >= 11 is 0. The van der Waals surface area contributed by atoms with Crippen LogP contribution in [-0.4, -0.2) is 49.2 Å². The summed E-state index contributed by atoms with van der Waals surface area (Å²) in [6, 6.07) is 5.99. The van der Waals surface area contributed by atoms with Gasteiger partial charge in [0.1, 0.15) is 5.65 Å². The molecule has 2 heterocycles. The van der Waals surface area contributed by atoms with Crippen LogP contribution in [0.4, 0.5) is 0 Å². The summed E-state index contributed by atoms with van der Waals surface area (Å²) in [5.41, 5.74) is 2.04. The van der Waals surface area contributed by atoms with E-state index in [4.69, 9.17) is 4.74 Å². The smallest absolute Gasteiger partial charge is 0.191 e. The zero-order valence-corrected chi connectivity index (χ0v) is 12.0. The minimum absolute atomic E-state index is 0.660. The lowest BCUT2D eigenvalue weighted by atomic mass is 10.3. The molecule has 6 heteroatoms. The Labute approximate surface area is 118 Å². The van der Waals surface area contributed by atoms with Crippen LogP contribution in [0.15, 0.2) is 35.6 Å². The number of rotatable bonds is 6. The van der Waals surface area contributed by atoms with Crippen molar-refractivity contribution >= 4 is 11.6 Å². The molecule has 0 aliphatic rings. The largest absolute Gasteiger partial charge is 0.383 e. The van der Waals surface area contributed by atoms with Crippen molar-refractivity contribution < 1.29 is 4.74 Å². The van der Waals surface area contributed by atoms with Crippen LogP contribution < -0.4 is 10.6 Å². The average Bonchev–Trinajstić information content (AvgIpc) is 2.88. The van der Waals surface area contributed by atoms with Crippen molar-refractivity contribution in [3.8, 4) is 0 Å². The Morgan fingerprint density at radius 3 is 2.95 bits per heavy atom. The number of fused-ring (bicyclic) bond motifs is 1. The molecular weight excluding hydrogens is 254 g/mol. The number of nitrogens with zero attached hydrogens (tertiary/aromatic N) is 3. The van der Waals surface area contributed by atoms with Crippen molar-refractivity contribution in [1.29, 1.82) is 0 Å². The molecule has 0 radical (unpaired) electrons. The van der Waals surface area contributed by atoms with Crippen molar-refractivity contribution in [2.45, 2.75) is 6.42 Å². The Hall–Kier alpha value is -2.08. The summed E-state index contributed by atoms with van der Waals surface area (Å²) in [6.45, 7) is 2.19. The van der Waals surface area contributed by atoms with Crippen LogP contribution in [0, 0.1) is 0 Å². The van der Waals surface area contributed by atoms with E-state index in [9.17, 15) is 0 Å². The van der Waals surface area contributed by atoms with Crippen LogP contribution in [-0.2, 0) is 11.2 Å². The average molecular weight is 275 g/mol. The molecule has 2 N–H and O–H groups in total. The van der Waals surface area contributed by atoms with E-state index >= 15 is 0 Å². The lowest BCUT2D eigenvalue weighted by molar-refractivity contribution is 0.203. The Morgan fingerprint density at radius 2 is 2.20 bits per heavy atom. The molecule has 0 spiro atoms. The summed E-state index contributed by atoms with van der Waals surface area (Å²) in [7, 11) is 3.44. The first-order chi connectivity index (χ1) is 9.83. The minimum atomic E-state index is 0.660. The van der Waals surface area contributed by atoms with Gasteiger partial charge in [-0.3, -0.25) is 4.99 Å². The number of methoxy groups -OCH3 is 1. The molecule has 2 rings (SSSR count). The van der Waals surface area contributed by atoms with E-state index in [0.717, 1.165) is 36.8 Å². The minimum Gasteiger partial charge on any atom is -0.383 e. The Balaban J connectivity index is 1.79. The maximum absolute atomic E-state index is 4.99. The number of pyridine rings is 1. The number of aliphatic imine (C=N–C) groups is 1. The predicted molar refractivity (Wildman–Crippen MR) is 80.1 cm³/mol. The third kappa shape index (κ3) is 3.96. The maximum Gasteiger partial charge on any atom is 0.191 e. The van der Waals surface area contributed by atoms with Gasteiger partial charge in [-0.05, 0) is 12.1 Å². The van der Waals surface area contributed by atoms with E-state index in [-0.39, 0.29) is 0 Å². The molecule has 0 amide bonds.